The Morgan fingerprint density at radius 3 is 2.90 bits per heavy atom. The second kappa shape index (κ2) is 8.87. The van der Waals surface area contributed by atoms with Gasteiger partial charge in [0.2, 0.25) is 0 Å². The number of nitrogens with one attached hydrogen (secondary N) is 2. The van der Waals surface area contributed by atoms with Crippen LogP contribution in [-0.4, -0.2) is 46.2 Å². The van der Waals surface area contributed by atoms with E-state index in [-0.39, 0.29) is 5.91 Å². The molecule has 7 heteroatoms. The number of carbonyl (C=O) groups excluding carboxylic acids is 1. The van der Waals surface area contributed by atoms with Crippen molar-refractivity contribution in [2.45, 2.75) is 25.3 Å². The lowest BCUT2D eigenvalue weighted by molar-refractivity contribution is 0.102. The van der Waals surface area contributed by atoms with Crippen LogP contribution in [0.3, 0.4) is 0 Å². The third kappa shape index (κ3) is 4.63. The minimum atomic E-state index is -0.156. The summed E-state index contributed by atoms with van der Waals surface area (Å²) in [6.07, 6.45) is 5.68. The quantitative estimate of drug-likeness (QED) is 0.673. The molecule has 0 bridgehead atoms. The fourth-order valence-corrected chi connectivity index (χ4v) is 3.80. The first-order chi connectivity index (χ1) is 14.2. The van der Waals surface area contributed by atoms with Crippen LogP contribution in [0.4, 0.5) is 5.69 Å². The Kier molecular flexibility index (Phi) is 5.86. The number of pyridine rings is 1. The number of aromatic amines is 1. The zero-order valence-corrected chi connectivity index (χ0v) is 16.5. The standard InChI is InChI=1S/C22H25N5O2/c1-29-19-9-7-16(8-10-19)22(28)25-20-13-24-26-21(20)17-5-4-12-27(14-17)15-18-6-2-3-11-23-18/h2-3,6-11,13,17H,4-5,12,14-15H2,1H3,(H,24,26)(H,25,28)/t17-/m0/s1. The monoisotopic (exact) mass is 391 g/mol. The van der Waals surface area contributed by atoms with Crippen molar-refractivity contribution in [2.75, 3.05) is 25.5 Å². The van der Waals surface area contributed by atoms with Crippen LogP contribution in [0.2, 0.25) is 0 Å². The van der Waals surface area contributed by atoms with Crippen LogP contribution in [0.1, 0.15) is 40.5 Å². The Balaban J connectivity index is 1.43. The van der Waals surface area contributed by atoms with Gasteiger partial charge in [0.1, 0.15) is 5.75 Å². The van der Waals surface area contributed by atoms with Crippen LogP contribution < -0.4 is 10.1 Å². The molecule has 1 fully saturated rings. The van der Waals surface area contributed by atoms with Crippen molar-refractivity contribution in [3.8, 4) is 5.75 Å². The van der Waals surface area contributed by atoms with E-state index in [4.69, 9.17) is 4.74 Å². The summed E-state index contributed by atoms with van der Waals surface area (Å²) in [6, 6.07) is 13.1. The molecule has 1 aliphatic heterocycles. The normalized spacial score (nSPS) is 17.1. The number of H-pyrrole nitrogens is 1. The Labute approximate surface area is 170 Å². The van der Waals surface area contributed by atoms with Gasteiger partial charge in [-0.05, 0) is 55.8 Å². The van der Waals surface area contributed by atoms with Gasteiger partial charge in [-0.15, -0.1) is 0 Å². The molecular formula is C22H25N5O2. The zero-order valence-electron chi connectivity index (χ0n) is 16.5. The van der Waals surface area contributed by atoms with Crippen molar-refractivity contribution >= 4 is 11.6 Å². The predicted molar refractivity (Wildman–Crippen MR) is 111 cm³/mol. The molecule has 0 saturated carbocycles. The molecule has 1 atom stereocenters. The molecule has 3 aromatic rings. The number of nitrogens with zero attached hydrogens (tertiary/aromatic N) is 3. The van der Waals surface area contributed by atoms with Crippen molar-refractivity contribution in [3.05, 3.63) is 71.8 Å². The van der Waals surface area contributed by atoms with Crippen LogP contribution in [0.15, 0.2) is 54.9 Å². The topological polar surface area (TPSA) is 83.1 Å². The highest BCUT2D eigenvalue weighted by molar-refractivity contribution is 6.04. The third-order valence-corrected chi connectivity index (χ3v) is 5.29. The Hall–Kier alpha value is -3.19. The number of anilines is 1. The van der Waals surface area contributed by atoms with Crippen molar-refractivity contribution in [3.63, 3.8) is 0 Å². The van der Waals surface area contributed by atoms with Gasteiger partial charge in [0.25, 0.3) is 5.91 Å². The Morgan fingerprint density at radius 1 is 1.28 bits per heavy atom. The average Bonchev–Trinajstić information content (AvgIpc) is 3.23. The van der Waals surface area contributed by atoms with Crippen LogP contribution in [0.5, 0.6) is 5.75 Å². The maximum Gasteiger partial charge on any atom is 0.255 e. The van der Waals surface area contributed by atoms with Crippen molar-refractivity contribution < 1.29 is 9.53 Å². The van der Waals surface area contributed by atoms with Gasteiger partial charge in [-0.25, -0.2) is 0 Å². The van der Waals surface area contributed by atoms with Crippen LogP contribution in [0, 0.1) is 0 Å². The molecule has 0 spiro atoms. The lowest BCUT2D eigenvalue weighted by atomic mass is 9.94. The molecule has 1 amide bonds. The minimum Gasteiger partial charge on any atom is -0.497 e. The number of hydrogen-bond acceptors (Lipinski definition) is 5. The highest BCUT2D eigenvalue weighted by Gasteiger charge is 2.25. The van der Waals surface area contributed by atoms with E-state index in [2.05, 4.69) is 31.5 Å². The maximum atomic E-state index is 12.6. The maximum absolute atomic E-state index is 12.6. The number of likely N-dealkylation sites (tertiary alicyclic amines) is 1. The fourth-order valence-electron chi connectivity index (χ4n) is 3.80. The van der Waals surface area contributed by atoms with Gasteiger partial charge in [0, 0.05) is 30.8 Å². The van der Waals surface area contributed by atoms with Crippen LogP contribution in [-0.2, 0) is 6.54 Å². The number of hydrogen-bond donors (Lipinski definition) is 2. The number of amides is 1. The molecule has 7 nitrogen and oxygen atoms in total. The number of aromatic nitrogens is 3. The Morgan fingerprint density at radius 2 is 2.14 bits per heavy atom. The van der Waals surface area contributed by atoms with E-state index in [0.29, 0.717) is 11.5 Å². The molecule has 4 rings (SSSR count). The van der Waals surface area contributed by atoms with Gasteiger partial charge in [-0.2, -0.15) is 5.10 Å². The van der Waals surface area contributed by atoms with E-state index < -0.39 is 0 Å². The molecule has 29 heavy (non-hydrogen) atoms. The lowest BCUT2D eigenvalue weighted by Gasteiger charge is -2.32. The van der Waals surface area contributed by atoms with Crippen LogP contribution in [0.25, 0.3) is 0 Å². The lowest BCUT2D eigenvalue weighted by Crippen LogP contribution is -2.34. The van der Waals surface area contributed by atoms with Crippen molar-refractivity contribution in [1.29, 1.82) is 0 Å². The van der Waals surface area contributed by atoms with Gasteiger partial charge in [0.15, 0.2) is 0 Å². The first-order valence-corrected chi connectivity index (χ1v) is 9.84. The molecule has 0 aliphatic carbocycles. The smallest absolute Gasteiger partial charge is 0.255 e. The summed E-state index contributed by atoms with van der Waals surface area (Å²) in [7, 11) is 1.61. The van der Waals surface area contributed by atoms with Gasteiger partial charge in [-0.1, -0.05) is 6.07 Å². The molecular weight excluding hydrogens is 366 g/mol. The largest absolute Gasteiger partial charge is 0.497 e. The summed E-state index contributed by atoms with van der Waals surface area (Å²) >= 11 is 0. The SMILES string of the molecule is COc1ccc(C(=O)Nc2cn[nH]c2[C@H]2CCCN(Cc3ccccn3)C2)cc1. The van der Waals surface area contributed by atoms with E-state index in [1.807, 2.05) is 18.3 Å². The van der Waals surface area contributed by atoms with E-state index in [1.165, 1.54) is 0 Å². The second-order valence-corrected chi connectivity index (χ2v) is 7.28. The summed E-state index contributed by atoms with van der Waals surface area (Å²) in [6.45, 7) is 2.79. The van der Waals surface area contributed by atoms with Gasteiger partial charge < -0.3 is 10.1 Å². The van der Waals surface area contributed by atoms with Crippen LogP contribution >= 0.6 is 0 Å². The first kappa shape index (κ1) is 19.1. The molecule has 1 aromatic carbocycles. The van der Waals surface area contributed by atoms with Gasteiger partial charge in [0.05, 0.1) is 30.4 Å². The van der Waals surface area contributed by atoms with Crippen molar-refractivity contribution in [2.24, 2.45) is 0 Å². The first-order valence-electron chi connectivity index (χ1n) is 9.84. The number of benzene rings is 1. The molecule has 2 N–H and O–H groups in total. The summed E-state index contributed by atoms with van der Waals surface area (Å²) in [5, 5.41) is 10.3. The molecule has 1 aliphatic rings. The summed E-state index contributed by atoms with van der Waals surface area (Å²) in [4.78, 5) is 19.5. The molecule has 150 valence electrons. The fraction of sp³-hybridized carbons (Fsp3) is 0.318. The number of piperidine rings is 1. The van der Waals surface area contributed by atoms with Crippen molar-refractivity contribution in [1.82, 2.24) is 20.1 Å². The van der Waals surface area contributed by atoms with E-state index in [0.717, 1.165) is 55.3 Å². The van der Waals surface area contributed by atoms with E-state index in [9.17, 15) is 4.79 Å². The van der Waals surface area contributed by atoms with E-state index in [1.54, 1.807) is 37.6 Å². The summed E-state index contributed by atoms with van der Waals surface area (Å²) < 4.78 is 5.15. The molecule has 2 aromatic heterocycles. The summed E-state index contributed by atoms with van der Waals surface area (Å²) in [5.74, 6) is 0.860. The minimum absolute atomic E-state index is 0.156. The predicted octanol–water partition coefficient (Wildman–Crippen LogP) is 3.45. The van der Waals surface area contributed by atoms with E-state index >= 15 is 0 Å². The highest BCUT2D eigenvalue weighted by atomic mass is 16.5. The summed E-state index contributed by atoms with van der Waals surface area (Å²) in [5.41, 5.74) is 3.39. The Bertz CT molecular complexity index is 939. The molecule has 0 radical (unpaired) electrons. The van der Waals surface area contributed by atoms with Gasteiger partial charge >= 0.3 is 0 Å². The number of methoxy groups -OCH3 is 1. The number of rotatable bonds is 6. The zero-order chi connectivity index (χ0) is 20.1. The molecule has 1 saturated heterocycles. The average molecular weight is 391 g/mol. The highest BCUT2D eigenvalue weighted by Crippen LogP contribution is 2.31. The number of carbonyl (C=O) groups is 1. The molecule has 0 unspecified atom stereocenters. The van der Waals surface area contributed by atoms with Gasteiger partial charge in [-0.3, -0.25) is 19.8 Å². The number of ether oxygens (including phenoxy) is 1. The second-order valence-electron chi connectivity index (χ2n) is 7.28. The molecule has 3 heterocycles. The third-order valence-electron chi connectivity index (χ3n) is 5.29.